The lowest BCUT2D eigenvalue weighted by atomic mass is 10.0. The molecule has 5 rings (SSSR count). The second kappa shape index (κ2) is 7.93. The lowest BCUT2D eigenvalue weighted by molar-refractivity contribution is -0.136. The minimum Gasteiger partial charge on any atom is -0.340 e. The van der Waals surface area contributed by atoms with E-state index in [-0.39, 0.29) is 37.8 Å². The second-order valence-electron chi connectivity index (χ2n) is 8.73. The Morgan fingerprint density at radius 2 is 1.97 bits per heavy atom. The van der Waals surface area contributed by atoms with Gasteiger partial charge in [-0.2, -0.15) is 0 Å². The predicted molar refractivity (Wildman–Crippen MR) is 110 cm³/mol. The zero-order valence-corrected chi connectivity index (χ0v) is 17.7. The van der Waals surface area contributed by atoms with Crippen LogP contribution in [0.4, 0.5) is 13.2 Å². The number of amides is 4. The van der Waals surface area contributed by atoms with Gasteiger partial charge in [-0.05, 0) is 43.0 Å². The van der Waals surface area contributed by atoms with Crippen molar-refractivity contribution in [3.05, 3.63) is 64.5 Å². The number of alkyl halides is 1. The summed E-state index contributed by atoms with van der Waals surface area (Å²) in [6.45, 7) is 0.0617. The third kappa shape index (κ3) is 3.80. The fraction of sp³-hybridized carbons (Fsp3) is 0.348. The van der Waals surface area contributed by atoms with Crippen molar-refractivity contribution in [2.45, 2.75) is 50.0 Å². The summed E-state index contributed by atoms with van der Waals surface area (Å²) >= 11 is 0. The number of piperidine rings is 1. The van der Waals surface area contributed by atoms with Gasteiger partial charge in [0.15, 0.2) is 0 Å². The van der Waals surface area contributed by atoms with Crippen LogP contribution < -0.4 is 10.6 Å². The number of nitrogens with one attached hydrogen (secondary N) is 2. The maximum absolute atomic E-state index is 15.0. The fourth-order valence-electron chi connectivity index (χ4n) is 4.42. The summed E-state index contributed by atoms with van der Waals surface area (Å²) in [5.74, 6) is -4.04. The summed E-state index contributed by atoms with van der Waals surface area (Å²) in [4.78, 5) is 54.3. The first-order chi connectivity index (χ1) is 16.2. The third-order valence-corrected chi connectivity index (χ3v) is 6.42. The lowest BCUT2D eigenvalue weighted by Gasteiger charge is -2.29. The van der Waals surface area contributed by atoms with Crippen molar-refractivity contribution in [3.63, 3.8) is 0 Å². The Morgan fingerprint density at radius 1 is 1.21 bits per heavy atom. The van der Waals surface area contributed by atoms with Crippen molar-refractivity contribution in [2.75, 3.05) is 0 Å². The SMILES string of the molecule is O=C1CCC(N2Cc3cc(C(=O)N[C@H](c4ncc(F)cc4F)C4(F)CC4)ccc3C2=O)C(=O)N1. The summed E-state index contributed by atoms with van der Waals surface area (Å²) in [6, 6.07) is 2.65. The van der Waals surface area contributed by atoms with E-state index in [0.717, 1.165) is 6.20 Å². The van der Waals surface area contributed by atoms with E-state index in [2.05, 4.69) is 15.6 Å². The molecule has 1 saturated heterocycles. The Morgan fingerprint density at radius 3 is 2.65 bits per heavy atom. The number of carbonyl (C=O) groups is 4. The molecule has 3 heterocycles. The monoisotopic (exact) mass is 472 g/mol. The van der Waals surface area contributed by atoms with Gasteiger partial charge in [-0.15, -0.1) is 0 Å². The smallest absolute Gasteiger partial charge is 0.255 e. The lowest BCUT2D eigenvalue weighted by Crippen LogP contribution is -2.52. The maximum atomic E-state index is 15.0. The molecule has 0 spiro atoms. The highest BCUT2D eigenvalue weighted by molar-refractivity contribution is 6.06. The zero-order valence-electron chi connectivity index (χ0n) is 17.7. The van der Waals surface area contributed by atoms with Crippen LogP contribution in [0.3, 0.4) is 0 Å². The summed E-state index contributed by atoms with van der Waals surface area (Å²) < 4.78 is 42.5. The first-order valence-corrected chi connectivity index (χ1v) is 10.7. The number of pyridine rings is 1. The molecule has 11 heteroatoms. The van der Waals surface area contributed by atoms with Crippen LogP contribution in [0.15, 0.2) is 30.5 Å². The minimum atomic E-state index is -1.89. The van der Waals surface area contributed by atoms with Gasteiger partial charge >= 0.3 is 0 Å². The molecule has 0 bridgehead atoms. The van der Waals surface area contributed by atoms with Crippen molar-refractivity contribution in [3.8, 4) is 0 Å². The van der Waals surface area contributed by atoms with Crippen LogP contribution in [0.1, 0.15) is 63.7 Å². The van der Waals surface area contributed by atoms with Gasteiger partial charge in [0, 0.05) is 30.2 Å². The molecule has 2 aliphatic heterocycles. The third-order valence-electron chi connectivity index (χ3n) is 6.42. The highest BCUT2D eigenvalue weighted by Crippen LogP contribution is 2.49. The van der Waals surface area contributed by atoms with Crippen LogP contribution in [0.25, 0.3) is 0 Å². The van der Waals surface area contributed by atoms with Crippen molar-refractivity contribution >= 4 is 23.6 Å². The van der Waals surface area contributed by atoms with Gasteiger partial charge in [-0.1, -0.05) is 0 Å². The van der Waals surface area contributed by atoms with E-state index >= 15 is 0 Å². The van der Waals surface area contributed by atoms with Crippen LogP contribution in [-0.4, -0.2) is 45.2 Å². The van der Waals surface area contributed by atoms with Gasteiger partial charge in [0.05, 0.1) is 6.20 Å². The molecule has 176 valence electrons. The van der Waals surface area contributed by atoms with E-state index in [9.17, 15) is 32.3 Å². The highest BCUT2D eigenvalue weighted by atomic mass is 19.1. The van der Waals surface area contributed by atoms with Crippen LogP contribution in [0.2, 0.25) is 0 Å². The number of rotatable bonds is 5. The number of benzene rings is 1. The zero-order chi connectivity index (χ0) is 24.2. The van der Waals surface area contributed by atoms with Crippen molar-refractivity contribution in [1.29, 1.82) is 0 Å². The number of hydrogen-bond acceptors (Lipinski definition) is 5. The molecule has 2 fully saturated rings. The molecule has 0 radical (unpaired) electrons. The number of carbonyl (C=O) groups excluding carboxylic acids is 4. The largest absolute Gasteiger partial charge is 0.340 e. The van der Waals surface area contributed by atoms with E-state index < -0.39 is 58.7 Å². The first kappa shape index (κ1) is 22.1. The Bertz CT molecular complexity index is 1250. The molecule has 34 heavy (non-hydrogen) atoms. The van der Waals surface area contributed by atoms with Gasteiger partial charge in [0.1, 0.15) is 35.1 Å². The van der Waals surface area contributed by atoms with Gasteiger partial charge in [-0.3, -0.25) is 29.5 Å². The van der Waals surface area contributed by atoms with Crippen LogP contribution in [0, 0.1) is 11.6 Å². The maximum Gasteiger partial charge on any atom is 0.255 e. The van der Waals surface area contributed by atoms with Crippen molar-refractivity contribution < 1.29 is 32.3 Å². The predicted octanol–water partition coefficient (Wildman–Crippen LogP) is 2.09. The summed E-state index contributed by atoms with van der Waals surface area (Å²) in [5.41, 5.74) is -1.38. The molecule has 4 amide bonds. The molecule has 2 atom stereocenters. The highest BCUT2D eigenvalue weighted by Gasteiger charge is 2.53. The van der Waals surface area contributed by atoms with E-state index in [1.807, 2.05) is 0 Å². The Labute approximate surface area is 191 Å². The molecular formula is C23H19F3N4O4. The van der Waals surface area contributed by atoms with Crippen LogP contribution in [-0.2, 0) is 16.1 Å². The van der Waals surface area contributed by atoms with E-state index in [1.165, 1.54) is 23.1 Å². The molecular weight excluding hydrogens is 453 g/mol. The number of nitrogens with zero attached hydrogens (tertiary/aromatic N) is 2. The molecule has 1 unspecified atom stereocenters. The summed E-state index contributed by atoms with van der Waals surface area (Å²) in [5, 5.41) is 4.68. The molecule has 3 aliphatic rings. The molecule has 2 aromatic rings. The topological polar surface area (TPSA) is 108 Å². The molecule has 1 aromatic carbocycles. The minimum absolute atomic E-state index is 0.0617. The standard InChI is InChI=1S/C23H19F3N4O4/c24-13-8-15(25)18(27-9-13)19(23(26)5-6-23)29-20(32)11-1-2-14-12(7-11)10-30(22(14)34)16-3-4-17(31)28-21(16)33/h1-2,7-9,16,19H,3-6,10H2,(H,29,32)(H,28,31,33)/t16?,19-/m1/s1. The average molecular weight is 472 g/mol. The molecule has 1 saturated carbocycles. The van der Waals surface area contributed by atoms with Crippen LogP contribution >= 0.6 is 0 Å². The Kier molecular flexibility index (Phi) is 5.14. The number of imide groups is 1. The molecule has 1 aliphatic carbocycles. The average Bonchev–Trinajstić information content (AvgIpc) is 3.45. The summed E-state index contributed by atoms with van der Waals surface area (Å²) in [6.07, 6.45) is 1.26. The quantitative estimate of drug-likeness (QED) is 0.648. The molecule has 1 aromatic heterocycles. The Balaban J connectivity index is 1.37. The van der Waals surface area contributed by atoms with E-state index in [1.54, 1.807) is 0 Å². The van der Waals surface area contributed by atoms with Crippen molar-refractivity contribution in [2.24, 2.45) is 0 Å². The fourth-order valence-corrected chi connectivity index (χ4v) is 4.42. The number of fused-ring (bicyclic) bond motifs is 1. The number of hydrogen-bond donors (Lipinski definition) is 2. The molecule has 2 N–H and O–H groups in total. The van der Waals surface area contributed by atoms with Gasteiger partial charge in [0.25, 0.3) is 11.8 Å². The van der Waals surface area contributed by atoms with Crippen molar-refractivity contribution in [1.82, 2.24) is 20.5 Å². The second-order valence-corrected chi connectivity index (χ2v) is 8.73. The number of halogens is 3. The number of aromatic nitrogens is 1. The van der Waals surface area contributed by atoms with E-state index in [4.69, 9.17) is 0 Å². The first-order valence-electron chi connectivity index (χ1n) is 10.7. The summed E-state index contributed by atoms with van der Waals surface area (Å²) in [7, 11) is 0. The van der Waals surface area contributed by atoms with Gasteiger partial charge in [-0.25, -0.2) is 13.2 Å². The van der Waals surface area contributed by atoms with Crippen LogP contribution in [0.5, 0.6) is 0 Å². The van der Waals surface area contributed by atoms with Gasteiger partial charge < -0.3 is 10.2 Å². The normalized spacial score (nSPS) is 21.7. The van der Waals surface area contributed by atoms with Gasteiger partial charge in [0.2, 0.25) is 11.8 Å². The van der Waals surface area contributed by atoms with E-state index in [0.29, 0.717) is 17.2 Å². The molecule has 8 nitrogen and oxygen atoms in total. The Hall–Kier alpha value is -3.76.